The first-order valence-electron chi connectivity index (χ1n) is 2.52. The molecule has 0 aliphatic carbocycles. The van der Waals surface area contributed by atoms with Gasteiger partial charge in [0.2, 0.25) is 0 Å². The first-order valence-corrected chi connectivity index (χ1v) is 2.96. The van der Waals surface area contributed by atoms with Crippen molar-refractivity contribution >= 4 is 24.0 Å². The highest BCUT2D eigenvalue weighted by Crippen LogP contribution is 2.05. The minimum absolute atomic E-state index is 0. The second-order valence-electron chi connectivity index (χ2n) is 2.00. The fourth-order valence-electron chi connectivity index (χ4n) is 0.272. The summed E-state index contributed by atoms with van der Waals surface area (Å²) in [5, 5.41) is 0.153. The van der Waals surface area contributed by atoms with Crippen molar-refractivity contribution in [2.75, 3.05) is 6.54 Å². The Balaban J connectivity index is 0. The number of nitrogens with two attached hydrogens (primary N) is 1. The van der Waals surface area contributed by atoms with E-state index in [0.717, 1.165) is 0 Å². The Labute approximate surface area is 62.0 Å². The third kappa shape index (κ3) is 4.69. The van der Waals surface area contributed by atoms with Crippen molar-refractivity contribution in [3.8, 4) is 0 Å². The van der Waals surface area contributed by atoms with Crippen LogP contribution in [0.5, 0.6) is 0 Å². The highest BCUT2D eigenvalue weighted by molar-refractivity contribution is 6.20. The maximum atomic E-state index is 5.68. The summed E-state index contributed by atoms with van der Waals surface area (Å²) in [5.74, 6) is 0.506. The second-order valence-corrected chi connectivity index (χ2v) is 2.56. The summed E-state index contributed by atoms with van der Waals surface area (Å²) in [6.07, 6.45) is 0. The Kier molecular flexibility index (Phi) is 8.05. The lowest BCUT2D eigenvalue weighted by molar-refractivity contribution is 0.605. The van der Waals surface area contributed by atoms with E-state index < -0.39 is 0 Å². The molecule has 0 aliphatic heterocycles. The van der Waals surface area contributed by atoms with Crippen LogP contribution in [0.15, 0.2) is 0 Å². The van der Waals surface area contributed by atoms with Crippen LogP contribution >= 0.6 is 24.0 Å². The van der Waals surface area contributed by atoms with Gasteiger partial charge in [0.15, 0.2) is 0 Å². The van der Waals surface area contributed by atoms with Gasteiger partial charge in [0.05, 0.1) is 0 Å². The summed E-state index contributed by atoms with van der Waals surface area (Å²) >= 11 is 5.68. The molecule has 2 N–H and O–H groups in total. The summed E-state index contributed by atoms with van der Waals surface area (Å²) < 4.78 is 0. The van der Waals surface area contributed by atoms with Gasteiger partial charge in [0.25, 0.3) is 0 Å². The molecule has 0 spiro atoms. The van der Waals surface area contributed by atoms with E-state index in [0.29, 0.717) is 12.5 Å². The third-order valence-electron chi connectivity index (χ3n) is 0.949. The molecule has 0 heterocycles. The summed E-state index contributed by atoms with van der Waals surface area (Å²) in [5.41, 5.74) is 5.24. The average molecular weight is 158 g/mol. The topological polar surface area (TPSA) is 26.0 Å². The van der Waals surface area contributed by atoms with E-state index in [1.54, 1.807) is 0 Å². The van der Waals surface area contributed by atoms with Crippen molar-refractivity contribution in [1.29, 1.82) is 0 Å². The molecular weight excluding hydrogens is 145 g/mol. The molecule has 3 heteroatoms. The van der Waals surface area contributed by atoms with Gasteiger partial charge in [0.1, 0.15) is 0 Å². The molecule has 0 rings (SSSR count). The van der Waals surface area contributed by atoms with Gasteiger partial charge < -0.3 is 5.73 Å². The lowest BCUT2D eigenvalue weighted by atomic mass is 10.1. The van der Waals surface area contributed by atoms with Crippen LogP contribution in [-0.4, -0.2) is 11.9 Å². The highest BCUT2D eigenvalue weighted by atomic mass is 35.5. The van der Waals surface area contributed by atoms with E-state index >= 15 is 0 Å². The minimum Gasteiger partial charge on any atom is -0.329 e. The quantitative estimate of drug-likeness (QED) is 0.607. The van der Waals surface area contributed by atoms with Gasteiger partial charge >= 0.3 is 0 Å². The number of halogens is 2. The SMILES string of the molecule is CC(C)C(Cl)CN.Cl. The van der Waals surface area contributed by atoms with E-state index in [4.69, 9.17) is 17.3 Å². The number of hydrogen-bond donors (Lipinski definition) is 1. The summed E-state index contributed by atoms with van der Waals surface area (Å²) in [6.45, 7) is 4.70. The van der Waals surface area contributed by atoms with E-state index in [2.05, 4.69) is 13.8 Å². The fraction of sp³-hybridized carbons (Fsp3) is 1.00. The molecule has 0 radical (unpaired) electrons. The molecular formula is C5H13Cl2N. The smallest absolute Gasteiger partial charge is 0.0481 e. The van der Waals surface area contributed by atoms with Crippen molar-refractivity contribution < 1.29 is 0 Å². The van der Waals surface area contributed by atoms with Crippen LogP contribution in [-0.2, 0) is 0 Å². The molecule has 0 aromatic carbocycles. The molecule has 1 unspecified atom stereocenters. The van der Waals surface area contributed by atoms with Crippen molar-refractivity contribution in [1.82, 2.24) is 0 Å². The van der Waals surface area contributed by atoms with Gasteiger partial charge in [-0.25, -0.2) is 0 Å². The Morgan fingerprint density at radius 2 is 1.88 bits per heavy atom. The predicted octanol–water partition coefficient (Wildman–Crippen LogP) is 1.63. The largest absolute Gasteiger partial charge is 0.329 e. The molecule has 1 nitrogen and oxygen atoms in total. The van der Waals surface area contributed by atoms with Gasteiger partial charge in [-0.05, 0) is 5.92 Å². The van der Waals surface area contributed by atoms with Gasteiger partial charge in [-0.15, -0.1) is 24.0 Å². The summed E-state index contributed by atoms with van der Waals surface area (Å²) in [7, 11) is 0. The first kappa shape index (κ1) is 11.4. The zero-order valence-corrected chi connectivity index (χ0v) is 6.80. The lowest BCUT2D eigenvalue weighted by Crippen LogP contribution is -2.19. The molecule has 0 fully saturated rings. The third-order valence-corrected chi connectivity index (χ3v) is 1.63. The number of hydrogen-bond acceptors (Lipinski definition) is 1. The molecule has 0 saturated carbocycles. The van der Waals surface area contributed by atoms with Crippen LogP contribution in [0.1, 0.15) is 13.8 Å². The van der Waals surface area contributed by atoms with Crippen LogP contribution in [0.4, 0.5) is 0 Å². The zero-order chi connectivity index (χ0) is 5.86. The van der Waals surface area contributed by atoms with Gasteiger partial charge in [0, 0.05) is 11.9 Å². The zero-order valence-electron chi connectivity index (χ0n) is 5.23. The van der Waals surface area contributed by atoms with Gasteiger partial charge in [-0.3, -0.25) is 0 Å². The number of rotatable bonds is 2. The molecule has 8 heavy (non-hydrogen) atoms. The lowest BCUT2D eigenvalue weighted by Gasteiger charge is -2.07. The van der Waals surface area contributed by atoms with Crippen molar-refractivity contribution in [3.63, 3.8) is 0 Å². The van der Waals surface area contributed by atoms with E-state index in [1.165, 1.54) is 0 Å². The number of alkyl halides is 1. The molecule has 0 aliphatic rings. The first-order chi connectivity index (χ1) is 3.18. The Morgan fingerprint density at radius 1 is 1.50 bits per heavy atom. The summed E-state index contributed by atoms with van der Waals surface area (Å²) in [6, 6.07) is 0. The van der Waals surface area contributed by atoms with E-state index in [9.17, 15) is 0 Å². The molecule has 0 aromatic heterocycles. The van der Waals surface area contributed by atoms with E-state index in [1.807, 2.05) is 0 Å². The Bertz CT molecular complexity index is 47.7. The fourth-order valence-corrected chi connectivity index (χ4v) is 0.272. The van der Waals surface area contributed by atoms with Crippen LogP contribution in [0.2, 0.25) is 0 Å². The maximum Gasteiger partial charge on any atom is 0.0481 e. The minimum atomic E-state index is 0. The van der Waals surface area contributed by atoms with Crippen molar-refractivity contribution in [2.24, 2.45) is 11.7 Å². The molecule has 0 amide bonds. The van der Waals surface area contributed by atoms with Gasteiger partial charge in [-0.1, -0.05) is 13.8 Å². The summed E-state index contributed by atoms with van der Waals surface area (Å²) in [4.78, 5) is 0. The Hall–Kier alpha value is 0.540. The van der Waals surface area contributed by atoms with Gasteiger partial charge in [-0.2, -0.15) is 0 Å². The monoisotopic (exact) mass is 157 g/mol. The van der Waals surface area contributed by atoms with Crippen molar-refractivity contribution in [3.05, 3.63) is 0 Å². The molecule has 52 valence electrons. The average Bonchev–Trinajstić information content (AvgIpc) is 1.65. The Morgan fingerprint density at radius 3 is 1.88 bits per heavy atom. The highest BCUT2D eigenvalue weighted by Gasteiger charge is 2.04. The second kappa shape index (κ2) is 5.67. The van der Waals surface area contributed by atoms with Crippen LogP contribution in [0.3, 0.4) is 0 Å². The molecule has 1 atom stereocenters. The van der Waals surface area contributed by atoms with E-state index in [-0.39, 0.29) is 17.8 Å². The molecule has 0 bridgehead atoms. The predicted molar refractivity (Wildman–Crippen MR) is 40.8 cm³/mol. The molecule has 0 saturated heterocycles. The maximum absolute atomic E-state index is 5.68. The van der Waals surface area contributed by atoms with Crippen LogP contribution < -0.4 is 5.73 Å². The normalized spacial score (nSPS) is 13.1. The molecule has 0 aromatic rings. The van der Waals surface area contributed by atoms with Crippen LogP contribution in [0.25, 0.3) is 0 Å². The van der Waals surface area contributed by atoms with Crippen LogP contribution in [0, 0.1) is 5.92 Å². The van der Waals surface area contributed by atoms with Crippen molar-refractivity contribution in [2.45, 2.75) is 19.2 Å². The standard InChI is InChI=1S/C5H12ClN.ClH/c1-4(2)5(6)3-7;/h4-5H,3,7H2,1-2H3;1H.